The van der Waals surface area contributed by atoms with E-state index in [9.17, 15) is 8.42 Å². The molecule has 1 aromatic rings. The van der Waals surface area contributed by atoms with Crippen LogP contribution in [0.2, 0.25) is 0 Å². The highest BCUT2D eigenvalue weighted by Crippen LogP contribution is 2.33. The Morgan fingerprint density at radius 3 is 2.47 bits per heavy atom. The molecule has 1 aromatic carbocycles. The average Bonchev–Trinajstić information content (AvgIpc) is 2.24. The first kappa shape index (κ1) is 14.1. The summed E-state index contributed by atoms with van der Waals surface area (Å²) in [4.78, 5) is 2.04. The minimum absolute atomic E-state index is 0.00584. The quantitative estimate of drug-likeness (QED) is 0.673. The Kier molecular flexibility index (Phi) is 3.98. The highest BCUT2D eigenvalue weighted by molar-refractivity contribution is 7.89. The van der Waals surface area contributed by atoms with E-state index in [0.717, 1.165) is 18.5 Å². The highest BCUT2D eigenvalue weighted by atomic mass is 32.2. The van der Waals surface area contributed by atoms with E-state index in [0.29, 0.717) is 18.3 Å². The van der Waals surface area contributed by atoms with Gasteiger partial charge in [-0.2, -0.15) is 0 Å². The third kappa shape index (κ3) is 2.99. The van der Waals surface area contributed by atoms with Gasteiger partial charge in [-0.15, -0.1) is 0 Å². The molecule has 2 rings (SSSR count). The number of sulfonamides is 1. The van der Waals surface area contributed by atoms with Gasteiger partial charge in [0.15, 0.2) is 0 Å². The molecule has 1 saturated carbocycles. The molecule has 1 aliphatic rings. The number of nitrogens with zero attached hydrogens (tertiary/aromatic N) is 1. The minimum atomic E-state index is -3.74. The molecule has 0 saturated heterocycles. The van der Waals surface area contributed by atoms with Crippen molar-refractivity contribution in [1.82, 2.24) is 0 Å². The van der Waals surface area contributed by atoms with Gasteiger partial charge in [0.05, 0.1) is 22.9 Å². The first-order valence-corrected chi connectivity index (χ1v) is 7.78. The first-order chi connectivity index (χ1) is 8.93. The number of primary sulfonamides is 1. The van der Waals surface area contributed by atoms with Gasteiger partial charge in [-0.1, -0.05) is 0 Å². The Bertz CT molecular complexity index is 555. The predicted octanol–water partition coefficient (Wildman–Crippen LogP) is 0.267. The second kappa shape index (κ2) is 5.36. The fourth-order valence-electron chi connectivity index (χ4n) is 2.28. The van der Waals surface area contributed by atoms with Crippen LogP contribution in [0.5, 0.6) is 0 Å². The summed E-state index contributed by atoms with van der Waals surface area (Å²) in [5.41, 5.74) is 7.05. The lowest BCUT2D eigenvalue weighted by Gasteiger charge is -2.39. The van der Waals surface area contributed by atoms with Gasteiger partial charge in [-0.3, -0.25) is 0 Å². The molecule has 19 heavy (non-hydrogen) atoms. The summed E-state index contributed by atoms with van der Waals surface area (Å²) >= 11 is 0. The van der Waals surface area contributed by atoms with Gasteiger partial charge in [-0.25, -0.2) is 13.6 Å². The smallest absolute Gasteiger partial charge is 0.238 e. The number of aliphatic hydroxyl groups excluding tert-OH is 1. The standard InChI is InChI=1S/C12H19N3O3S/c13-11-8-10(19(14,17)18)4-5-12(11)15(6-7-16)9-2-1-3-9/h4-5,8-9,16H,1-3,6-7,13H2,(H2,14,17,18). The molecular formula is C12H19N3O3S. The van der Waals surface area contributed by atoms with Crippen molar-refractivity contribution >= 4 is 21.4 Å². The molecule has 0 aromatic heterocycles. The maximum Gasteiger partial charge on any atom is 0.238 e. The molecule has 0 atom stereocenters. The third-order valence-electron chi connectivity index (χ3n) is 3.49. The molecule has 0 heterocycles. The van der Waals surface area contributed by atoms with Crippen molar-refractivity contribution in [2.75, 3.05) is 23.8 Å². The third-order valence-corrected chi connectivity index (χ3v) is 4.40. The van der Waals surface area contributed by atoms with Gasteiger partial charge in [-0.05, 0) is 37.5 Å². The normalized spacial score (nSPS) is 16.1. The van der Waals surface area contributed by atoms with Crippen molar-refractivity contribution < 1.29 is 13.5 Å². The van der Waals surface area contributed by atoms with Crippen LogP contribution in [0.3, 0.4) is 0 Å². The molecule has 0 unspecified atom stereocenters. The van der Waals surface area contributed by atoms with Gasteiger partial charge in [0.1, 0.15) is 0 Å². The summed E-state index contributed by atoms with van der Waals surface area (Å²) in [6.07, 6.45) is 3.30. The van der Waals surface area contributed by atoms with Crippen LogP contribution in [-0.2, 0) is 10.0 Å². The van der Waals surface area contributed by atoms with Gasteiger partial charge < -0.3 is 15.7 Å². The number of hydrogen-bond acceptors (Lipinski definition) is 5. The summed E-state index contributed by atoms with van der Waals surface area (Å²) in [5, 5.41) is 14.2. The van der Waals surface area contributed by atoms with Crippen LogP contribution in [0.15, 0.2) is 23.1 Å². The van der Waals surface area contributed by atoms with E-state index in [-0.39, 0.29) is 11.5 Å². The van der Waals surface area contributed by atoms with E-state index in [2.05, 4.69) is 0 Å². The SMILES string of the molecule is Nc1cc(S(N)(=O)=O)ccc1N(CCO)C1CCC1. The Hall–Kier alpha value is -1.31. The number of nitrogens with two attached hydrogens (primary N) is 2. The molecule has 0 spiro atoms. The zero-order valence-corrected chi connectivity index (χ0v) is 11.4. The van der Waals surface area contributed by atoms with Crippen molar-refractivity contribution in [1.29, 1.82) is 0 Å². The van der Waals surface area contributed by atoms with Gasteiger partial charge in [0.2, 0.25) is 10.0 Å². The summed E-state index contributed by atoms with van der Waals surface area (Å²) < 4.78 is 22.5. The molecule has 0 radical (unpaired) electrons. The Labute approximate surface area is 113 Å². The van der Waals surface area contributed by atoms with Crippen LogP contribution in [-0.4, -0.2) is 32.7 Å². The summed E-state index contributed by atoms with van der Waals surface area (Å²) in [6, 6.07) is 4.84. The maximum atomic E-state index is 11.3. The van der Waals surface area contributed by atoms with Gasteiger partial charge in [0.25, 0.3) is 0 Å². The largest absolute Gasteiger partial charge is 0.397 e. The van der Waals surface area contributed by atoms with Gasteiger partial charge in [0, 0.05) is 12.6 Å². The van der Waals surface area contributed by atoms with E-state index in [4.69, 9.17) is 16.0 Å². The number of anilines is 2. The fourth-order valence-corrected chi connectivity index (χ4v) is 2.83. The van der Waals surface area contributed by atoms with E-state index in [1.54, 1.807) is 6.07 Å². The number of aliphatic hydroxyl groups is 1. The molecule has 6 nitrogen and oxygen atoms in total. The first-order valence-electron chi connectivity index (χ1n) is 6.23. The van der Waals surface area contributed by atoms with E-state index in [1.165, 1.54) is 18.6 Å². The van der Waals surface area contributed by atoms with Crippen molar-refractivity contribution in [2.24, 2.45) is 5.14 Å². The molecule has 1 fully saturated rings. The maximum absolute atomic E-state index is 11.3. The lowest BCUT2D eigenvalue weighted by atomic mass is 9.91. The van der Waals surface area contributed by atoms with Crippen molar-refractivity contribution in [3.63, 3.8) is 0 Å². The lowest BCUT2D eigenvalue weighted by molar-refractivity contribution is 0.284. The zero-order valence-electron chi connectivity index (χ0n) is 10.6. The number of rotatable bonds is 5. The lowest BCUT2D eigenvalue weighted by Crippen LogP contribution is -2.42. The van der Waals surface area contributed by atoms with Gasteiger partial charge >= 0.3 is 0 Å². The molecule has 0 amide bonds. The summed E-state index contributed by atoms with van der Waals surface area (Å²) in [6.45, 7) is 0.524. The van der Waals surface area contributed by atoms with E-state index < -0.39 is 10.0 Å². The van der Waals surface area contributed by atoms with Crippen LogP contribution in [0.4, 0.5) is 11.4 Å². The second-order valence-corrected chi connectivity index (χ2v) is 6.33. The molecule has 5 N–H and O–H groups in total. The number of nitrogen functional groups attached to an aromatic ring is 1. The van der Waals surface area contributed by atoms with Crippen LogP contribution in [0.25, 0.3) is 0 Å². The Morgan fingerprint density at radius 2 is 2.05 bits per heavy atom. The summed E-state index contributed by atoms with van der Waals surface area (Å²) in [7, 11) is -3.74. The molecule has 106 valence electrons. The highest BCUT2D eigenvalue weighted by Gasteiger charge is 2.26. The molecular weight excluding hydrogens is 266 g/mol. The molecule has 7 heteroatoms. The predicted molar refractivity (Wildman–Crippen MR) is 74.3 cm³/mol. The van der Waals surface area contributed by atoms with Crippen LogP contribution in [0, 0.1) is 0 Å². The topological polar surface area (TPSA) is 110 Å². The fraction of sp³-hybridized carbons (Fsp3) is 0.500. The van der Waals surface area contributed by atoms with Crippen molar-refractivity contribution in [3.05, 3.63) is 18.2 Å². The van der Waals surface area contributed by atoms with Crippen LogP contribution < -0.4 is 15.8 Å². The van der Waals surface area contributed by atoms with Crippen molar-refractivity contribution in [3.8, 4) is 0 Å². The monoisotopic (exact) mass is 285 g/mol. The minimum Gasteiger partial charge on any atom is -0.397 e. The van der Waals surface area contributed by atoms with E-state index in [1.807, 2.05) is 4.90 Å². The average molecular weight is 285 g/mol. The van der Waals surface area contributed by atoms with Crippen LogP contribution in [0.1, 0.15) is 19.3 Å². The zero-order chi connectivity index (χ0) is 14.0. The number of hydrogen-bond donors (Lipinski definition) is 3. The Morgan fingerprint density at radius 1 is 1.37 bits per heavy atom. The number of benzene rings is 1. The second-order valence-electron chi connectivity index (χ2n) is 4.77. The Balaban J connectivity index is 2.32. The van der Waals surface area contributed by atoms with Crippen LogP contribution >= 0.6 is 0 Å². The summed E-state index contributed by atoms with van der Waals surface area (Å²) in [5.74, 6) is 0. The molecule has 0 aliphatic heterocycles. The van der Waals surface area contributed by atoms with E-state index >= 15 is 0 Å². The molecule has 1 aliphatic carbocycles. The molecule has 0 bridgehead atoms. The van der Waals surface area contributed by atoms with Crippen molar-refractivity contribution in [2.45, 2.75) is 30.2 Å².